The van der Waals surface area contributed by atoms with Gasteiger partial charge in [0.15, 0.2) is 0 Å². The first-order chi connectivity index (χ1) is 14.0. The summed E-state index contributed by atoms with van der Waals surface area (Å²) in [6.45, 7) is 4.42. The van der Waals surface area contributed by atoms with Crippen molar-refractivity contribution in [2.45, 2.75) is 63.6 Å². The molecule has 4 rings (SSSR count). The number of rotatable bonds is 4. The molecule has 2 N–H and O–H groups in total. The van der Waals surface area contributed by atoms with E-state index in [1.54, 1.807) is 7.11 Å². The van der Waals surface area contributed by atoms with Crippen molar-refractivity contribution in [3.05, 3.63) is 29.8 Å². The van der Waals surface area contributed by atoms with Gasteiger partial charge in [0.05, 0.1) is 17.3 Å². The van der Waals surface area contributed by atoms with E-state index in [9.17, 15) is 0 Å². The van der Waals surface area contributed by atoms with Crippen molar-refractivity contribution in [2.75, 3.05) is 20.2 Å². The van der Waals surface area contributed by atoms with Crippen LogP contribution in [0.2, 0.25) is 0 Å². The Morgan fingerprint density at radius 2 is 2.10 bits per heavy atom. The van der Waals surface area contributed by atoms with Crippen molar-refractivity contribution >= 4 is 5.71 Å². The molecule has 0 radical (unpaired) electrons. The highest BCUT2D eigenvalue weighted by Gasteiger charge is 2.56. The minimum Gasteiger partial charge on any atom is -0.488 e. The highest BCUT2D eigenvalue weighted by atomic mass is 16.6. The Hall–Kier alpha value is -2.10. The summed E-state index contributed by atoms with van der Waals surface area (Å²) in [4.78, 5) is 7.64. The summed E-state index contributed by atoms with van der Waals surface area (Å²) in [5.74, 6) is 1.37. The van der Waals surface area contributed by atoms with Crippen molar-refractivity contribution in [3.63, 3.8) is 0 Å². The molecule has 5 unspecified atom stereocenters. The van der Waals surface area contributed by atoms with Gasteiger partial charge in [-0.1, -0.05) is 12.1 Å². The Balaban J connectivity index is 1.61. The number of piperidine rings is 1. The number of hydrogen-bond acceptors (Lipinski definition) is 6. The predicted molar refractivity (Wildman–Crippen MR) is 113 cm³/mol. The van der Waals surface area contributed by atoms with Crippen LogP contribution in [0.15, 0.2) is 29.4 Å². The number of benzene rings is 1. The van der Waals surface area contributed by atoms with Gasteiger partial charge in [-0.2, -0.15) is 5.26 Å². The maximum atomic E-state index is 9.08. The summed E-state index contributed by atoms with van der Waals surface area (Å²) in [6.07, 6.45) is 6.46. The van der Waals surface area contributed by atoms with Gasteiger partial charge < -0.3 is 15.3 Å². The highest BCUT2D eigenvalue weighted by molar-refractivity contribution is 5.85. The van der Waals surface area contributed by atoms with Gasteiger partial charge in [0.1, 0.15) is 19.0 Å². The molecule has 0 bridgehead atoms. The molecule has 2 saturated carbocycles. The second-order valence-corrected chi connectivity index (χ2v) is 9.12. The van der Waals surface area contributed by atoms with Crippen LogP contribution in [-0.4, -0.2) is 49.0 Å². The lowest BCUT2D eigenvalue weighted by molar-refractivity contribution is 0.00137. The second kappa shape index (κ2) is 8.33. The smallest absolute Gasteiger partial charge is 0.120 e. The highest BCUT2D eigenvalue weighted by Crippen LogP contribution is 2.54. The largest absolute Gasteiger partial charge is 0.488 e. The SMILES string of the molecule is CON=C1CCC2(C)C(C1)CC(N1CCCC(N)C1)C2Oc1ccc(C#N)cc1. The number of hydrogen-bond donors (Lipinski definition) is 1. The van der Waals surface area contributed by atoms with E-state index in [1.807, 2.05) is 24.3 Å². The maximum Gasteiger partial charge on any atom is 0.120 e. The molecule has 2 aliphatic carbocycles. The van der Waals surface area contributed by atoms with Gasteiger partial charge in [0.2, 0.25) is 0 Å². The maximum absolute atomic E-state index is 9.08. The number of ether oxygens (including phenoxy) is 1. The van der Waals surface area contributed by atoms with Crippen LogP contribution in [0.4, 0.5) is 0 Å². The van der Waals surface area contributed by atoms with Gasteiger partial charge in [-0.15, -0.1) is 0 Å². The monoisotopic (exact) mass is 396 g/mol. The topological polar surface area (TPSA) is 83.9 Å². The Bertz CT molecular complexity index is 787. The summed E-state index contributed by atoms with van der Waals surface area (Å²) < 4.78 is 6.68. The fourth-order valence-electron chi connectivity index (χ4n) is 5.68. The molecule has 1 heterocycles. The summed E-state index contributed by atoms with van der Waals surface area (Å²) in [7, 11) is 1.63. The van der Waals surface area contributed by atoms with E-state index in [-0.39, 0.29) is 17.6 Å². The summed E-state index contributed by atoms with van der Waals surface area (Å²) in [6, 6.07) is 10.3. The molecule has 1 aromatic carbocycles. The van der Waals surface area contributed by atoms with Gasteiger partial charge in [0.25, 0.3) is 0 Å². The van der Waals surface area contributed by atoms with Crippen molar-refractivity contribution in [3.8, 4) is 11.8 Å². The minimum atomic E-state index is 0.0901. The first-order valence-corrected chi connectivity index (χ1v) is 10.8. The van der Waals surface area contributed by atoms with Crippen LogP contribution in [0.1, 0.15) is 51.0 Å². The molecule has 6 nitrogen and oxygen atoms in total. The first-order valence-electron chi connectivity index (χ1n) is 10.8. The summed E-state index contributed by atoms with van der Waals surface area (Å²) in [5.41, 5.74) is 8.23. The average molecular weight is 397 g/mol. The fraction of sp³-hybridized carbons (Fsp3) is 0.652. The standard InChI is InChI=1S/C23H32N4O2/c1-23-10-9-19(26-28-2)12-17(23)13-21(27-11-3-4-18(25)15-27)22(23)29-20-7-5-16(14-24)6-8-20/h5-8,17-18,21-22H,3-4,9-13,15,25H2,1-2H3. The van der Waals surface area contributed by atoms with Crippen LogP contribution in [0.5, 0.6) is 5.75 Å². The van der Waals surface area contributed by atoms with Gasteiger partial charge in [0, 0.05) is 24.0 Å². The Kier molecular flexibility index (Phi) is 5.80. The fourth-order valence-corrected chi connectivity index (χ4v) is 5.68. The third-order valence-corrected chi connectivity index (χ3v) is 7.32. The molecule has 3 aliphatic rings. The number of likely N-dealkylation sites (tertiary alicyclic amines) is 1. The molecule has 156 valence electrons. The lowest BCUT2D eigenvalue weighted by Gasteiger charge is -2.43. The number of fused-ring (bicyclic) bond motifs is 1. The molecular weight excluding hydrogens is 364 g/mol. The van der Waals surface area contributed by atoms with Gasteiger partial charge in [-0.25, -0.2) is 0 Å². The molecule has 3 fully saturated rings. The van der Waals surface area contributed by atoms with E-state index >= 15 is 0 Å². The van der Waals surface area contributed by atoms with E-state index in [1.165, 1.54) is 5.71 Å². The van der Waals surface area contributed by atoms with E-state index < -0.39 is 0 Å². The number of nitrogens with zero attached hydrogens (tertiary/aromatic N) is 3. The predicted octanol–water partition coefficient (Wildman–Crippen LogP) is 3.31. The normalized spacial score (nSPS) is 36.4. The number of oxime groups is 1. The van der Waals surface area contributed by atoms with E-state index in [2.05, 4.69) is 23.0 Å². The lowest BCUT2D eigenvalue weighted by atomic mass is 9.68. The van der Waals surface area contributed by atoms with Gasteiger partial charge >= 0.3 is 0 Å². The Morgan fingerprint density at radius 3 is 2.79 bits per heavy atom. The number of nitrogens with two attached hydrogens (primary N) is 1. The van der Waals surface area contributed by atoms with Crippen LogP contribution in [0, 0.1) is 22.7 Å². The van der Waals surface area contributed by atoms with Crippen LogP contribution in [0.3, 0.4) is 0 Å². The molecule has 1 aliphatic heterocycles. The molecular formula is C23H32N4O2. The van der Waals surface area contributed by atoms with Gasteiger partial charge in [-0.3, -0.25) is 4.90 Å². The average Bonchev–Trinajstić information content (AvgIpc) is 3.01. The Labute approximate surface area is 173 Å². The van der Waals surface area contributed by atoms with E-state index in [0.29, 0.717) is 17.5 Å². The molecule has 0 aromatic heterocycles. The summed E-state index contributed by atoms with van der Waals surface area (Å²) >= 11 is 0. The van der Waals surface area contributed by atoms with E-state index in [0.717, 1.165) is 57.4 Å². The zero-order chi connectivity index (χ0) is 20.4. The van der Waals surface area contributed by atoms with Crippen LogP contribution in [0.25, 0.3) is 0 Å². The van der Waals surface area contributed by atoms with Crippen LogP contribution < -0.4 is 10.5 Å². The third-order valence-electron chi connectivity index (χ3n) is 7.32. The minimum absolute atomic E-state index is 0.0901. The number of nitriles is 1. The van der Waals surface area contributed by atoms with Gasteiger partial charge in [-0.05, 0) is 75.3 Å². The molecule has 0 spiro atoms. The molecule has 29 heavy (non-hydrogen) atoms. The van der Waals surface area contributed by atoms with Crippen molar-refractivity contribution in [1.82, 2.24) is 4.90 Å². The lowest BCUT2D eigenvalue weighted by Crippen LogP contribution is -2.54. The van der Waals surface area contributed by atoms with Crippen molar-refractivity contribution in [2.24, 2.45) is 22.2 Å². The molecule has 0 amide bonds. The molecule has 6 heteroatoms. The molecule has 1 saturated heterocycles. The molecule has 1 aromatic rings. The molecule has 5 atom stereocenters. The van der Waals surface area contributed by atoms with Crippen LogP contribution >= 0.6 is 0 Å². The van der Waals surface area contributed by atoms with Crippen LogP contribution in [-0.2, 0) is 4.84 Å². The second-order valence-electron chi connectivity index (χ2n) is 9.12. The van der Waals surface area contributed by atoms with Crippen molar-refractivity contribution < 1.29 is 9.57 Å². The Morgan fingerprint density at radius 1 is 1.31 bits per heavy atom. The van der Waals surface area contributed by atoms with E-state index in [4.69, 9.17) is 20.6 Å². The quantitative estimate of drug-likeness (QED) is 0.790. The third kappa shape index (κ3) is 3.99. The zero-order valence-electron chi connectivity index (χ0n) is 17.5. The zero-order valence-corrected chi connectivity index (χ0v) is 17.5. The first kappa shape index (κ1) is 20.2. The van der Waals surface area contributed by atoms with Crippen molar-refractivity contribution in [1.29, 1.82) is 5.26 Å². The summed E-state index contributed by atoms with van der Waals surface area (Å²) in [5, 5.41) is 13.3.